The van der Waals surface area contributed by atoms with Gasteiger partial charge in [0.15, 0.2) is 0 Å². The molecule has 1 heterocycles. The predicted molar refractivity (Wildman–Crippen MR) is 73.3 cm³/mol. The van der Waals surface area contributed by atoms with Crippen LogP contribution in [0.25, 0.3) is 10.2 Å². The predicted octanol–water partition coefficient (Wildman–Crippen LogP) is 3.50. The molecule has 0 aliphatic heterocycles. The van der Waals surface area contributed by atoms with Crippen molar-refractivity contribution in [2.24, 2.45) is 5.73 Å². The van der Waals surface area contributed by atoms with Crippen molar-refractivity contribution in [1.29, 1.82) is 0 Å². The molecule has 0 amide bonds. The molecule has 2 aromatic rings. The maximum atomic E-state index is 6.48. The third-order valence-electron chi connectivity index (χ3n) is 3.69. The van der Waals surface area contributed by atoms with Crippen LogP contribution >= 0.6 is 11.3 Å². The van der Waals surface area contributed by atoms with Crippen LogP contribution in [-0.2, 0) is 6.42 Å². The zero-order valence-corrected chi connectivity index (χ0v) is 10.8. The third-order valence-corrected chi connectivity index (χ3v) is 4.73. The first-order chi connectivity index (χ1) is 8.25. The van der Waals surface area contributed by atoms with E-state index in [4.69, 9.17) is 10.7 Å². The maximum absolute atomic E-state index is 6.48. The molecular weight excluding hydrogens is 228 g/mol. The number of hydrogen-bond acceptors (Lipinski definition) is 3. The Morgan fingerprint density at radius 2 is 1.94 bits per heavy atom. The number of benzene rings is 1. The lowest BCUT2D eigenvalue weighted by Crippen LogP contribution is -2.43. The minimum atomic E-state index is 0.00608. The number of nitrogens with zero attached hydrogens (tertiary/aromatic N) is 1. The molecule has 0 saturated heterocycles. The third kappa shape index (κ3) is 2.35. The summed E-state index contributed by atoms with van der Waals surface area (Å²) >= 11 is 1.80. The summed E-state index contributed by atoms with van der Waals surface area (Å²) in [7, 11) is 0. The second kappa shape index (κ2) is 4.39. The molecule has 2 nitrogen and oxygen atoms in total. The quantitative estimate of drug-likeness (QED) is 0.880. The summed E-state index contributed by atoms with van der Waals surface area (Å²) < 4.78 is 1.28. The molecule has 0 radical (unpaired) electrons. The highest BCUT2D eigenvalue weighted by Crippen LogP contribution is 2.31. The van der Waals surface area contributed by atoms with Crippen molar-refractivity contribution in [2.75, 3.05) is 0 Å². The van der Waals surface area contributed by atoms with Gasteiger partial charge >= 0.3 is 0 Å². The summed E-state index contributed by atoms with van der Waals surface area (Å²) in [5.74, 6) is 0. The molecule has 1 aromatic heterocycles. The number of thiazole rings is 1. The van der Waals surface area contributed by atoms with Gasteiger partial charge in [-0.3, -0.25) is 0 Å². The second-order valence-electron chi connectivity index (χ2n) is 5.18. The van der Waals surface area contributed by atoms with Crippen LogP contribution in [0.2, 0.25) is 0 Å². The fraction of sp³-hybridized carbons (Fsp3) is 0.500. The smallest absolute Gasteiger partial charge is 0.0956 e. The van der Waals surface area contributed by atoms with E-state index in [1.165, 1.54) is 29.0 Å². The van der Waals surface area contributed by atoms with Gasteiger partial charge in [-0.25, -0.2) is 4.98 Å². The summed E-state index contributed by atoms with van der Waals surface area (Å²) in [5.41, 5.74) is 7.60. The summed E-state index contributed by atoms with van der Waals surface area (Å²) in [6, 6.07) is 8.34. The lowest BCUT2D eigenvalue weighted by atomic mass is 9.80. The normalized spacial score (nSPS) is 19.6. The van der Waals surface area contributed by atoms with Crippen molar-refractivity contribution < 1.29 is 0 Å². The molecule has 1 saturated carbocycles. The molecule has 1 aliphatic carbocycles. The molecule has 3 rings (SSSR count). The Kier molecular flexibility index (Phi) is 2.89. The van der Waals surface area contributed by atoms with Crippen molar-refractivity contribution in [3.8, 4) is 0 Å². The fourth-order valence-electron chi connectivity index (χ4n) is 2.73. The van der Waals surface area contributed by atoms with Crippen molar-refractivity contribution in [3.05, 3.63) is 29.3 Å². The average Bonchev–Trinajstić information content (AvgIpc) is 2.71. The van der Waals surface area contributed by atoms with E-state index >= 15 is 0 Å². The van der Waals surface area contributed by atoms with Crippen LogP contribution in [0.1, 0.15) is 37.1 Å². The average molecular weight is 246 g/mol. The molecule has 1 aliphatic rings. The Balaban J connectivity index is 1.84. The van der Waals surface area contributed by atoms with Crippen LogP contribution in [-0.4, -0.2) is 10.5 Å². The number of rotatable bonds is 2. The van der Waals surface area contributed by atoms with Gasteiger partial charge in [0.25, 0.3) is 0 Å². The van der Waals surface area contributed by atoms with Gasteiger partial charge in [-0.15, -0.1) is 11.3 Å². The Labute approximate surface area is 106 Å². The SMILES string of the molecule is NC1(Cc2nc3ccccc3s2)CCCCC1. The first-order valence-corrected chi connectivity index (χ1v) is 7.20. The standard InChI is InChI=1S/C14H18N2S/c15-14(8-4-1-5-9-14)10-13-16-11-6-2-3-7-12(11)17-13/h2-3,6-7H,1,4-5,8-10,15H2. The lowest BCUT2D eigenvalue weighted by molar-refractivity contribution is 0.294. The zero-order chi connectivity index (χ0) is 11.7. The first kappa shape index (κ1) is 11.2. The van der Waals surface area contributed by atoms with Crippen molar-refractivity contribution in [3.63, 3.8) is 0 Å². The van der Waals surface area contributed by atoms with Gasteiger partial charge in [-0.2, -0.15) is 0 Å². The summed E-state index contributed by atoms with van der Waals surface area (Å²) in [6.07, 6.45) is 7.17. The lowest BCUT2D eigenvalue weighted by Gasteiger charge is -2.32. The van der Waals surface area contributed by atoms with E-state index in [0.717, 1.165) is 24.8 Å². The highest BCUT2D eigenvalue weighted by Gasteiger charge is 2.28. The van der Waals surface area contributed by atoms with Crippen molar-refractivity contribution >= 4 is 21.6 Å². The zero-order valence-electron chi connectivity index (χ0n) is 9.98. The van der Waals surface area contributed by atoms with E-state index < -0.39 is 0 Å². The molecule has 0 unspecified atom stereocenters. The largest absolute Gasteiger partial charge is 0.325 e. The fourth-order valence-corrected chi connectivity index (χ4v) is 3.85. The van der Waals surface area contributed by atoms with Gasteiger partial charge in [0.1, 0.15) is 0 Å². The van der Waals surface area contributed by atoms with E-state index in [9.17, 15) is 0 Å². The van der Waals surface area contributed by atoms with Crippen LogP contribution in [0.3, 0.4) is 0 Å². The maximum Gasteiger partial charge on any atom is 0.0956 e. The van der Waals surface area contributed by atoms with Crippen molar-refractivity contribution in [2.45, 2.75) is 44.1 Å². The number of para-hydroxylation sites is 1. The summed E-state index contributed by atoms with van der Waals surface area (Å²) in [4.78, 5) is 4.69. The van der Waals surface area contributed by atoms with Crippen LogP contribution < -0.4 is 5.73 Å². The summed E-state index contributed by atoms with van der Waals surface area (Å²) in [6.45, 7) is 0. The monoisotopic (exact) mass is 246 g/mol. The van der Waals surface area contributed by atoms with Gasteiger partial charge in [-0.05, 0) is 25.0 Å². The van der Waals surface area contributed by atoms with Crippen LogP contribution in [0.4, 0.5) is 0 Å². The molecule has 1 fully saturated rings. The van der Waals surface area contributed by atoms with E-state index in [0.29, 0.717) is 0 Å². The number of fused-ring (bicyclic) bond motifs is 1. The first-order valence-electron chi connectivity index (χ1n) is 6.39. The van der Waals surface area contributed by atoms with E-state index in [-0.39, 0.29) is 5.54 Å². The van der Waals surface area contributed by atoms with Crippen LogP contribution in [0.15, 0.2) is 24.3 Å². The van der Waals surface area contributed by atoms with Crippen LogP contribution in [0, 0.1) is 0 Å². The molecular formula is C14H18N2S. The molecule has 0 spiro atoms. The van der Waals surface area contributed by atoms with E-state index in [2.05, 4.69) is 18.2 Å². The molecule has 2 N–H and O–H groups in total. The second-order valence-corrected chi connectivity index (χ2v) is 6.29. The molecule has 3 heteroatoms. The highest BCUT2D eigenvalue weighted by molar-refractivity contribution is 7.18. The number of hydrogen-bond donors (Lipinski definition) is 1. The van der Waals surface area contributed by atoms with Crippen LogP contribution in [0.5, 0.6) is 0 Å². The molecule has 90 valence electrons. The molecule has 0 bridgehead atoms. The van der Waals surface area contributed by atoms with Crippen molar-refractivity contribution in [1.82, 2.24) is 4.98 Å². The molecule has 17 heavy (non-hydrogen) atoms. The van der Waals surface area contributed by atoms with Gasteiger partial charge in [0, 0.05) is 12.0 Å². The summed E-state index contributed by atoms with van der Waals surface area (Å²) in [5, 5.41) is 1.20. The van der Waals surface area contributed by atoms with Gasteiger partial charge in [-0.1, -0.05) is 31.4 Å². The van der Waals surface area contributed by atoms with E-state index in [1.54, 1.807) is 11.3 Å². The van der Waals surface area contributed by atoms with E-state index in [1.807, 2.05) is 6.07 Å². The molecule has 0 atom stereocenters. The van der Waals surface area contributed by atoms with Gasteiger partial charge in [0.05, 0.1) is 15.2 Å². The Bertz CT molecular complexity index is 479. The topological polar surface area (TPSA) is 38.9 Å². The molecule has 1 aromatic carbocycles. The Morgan fingerprint density at radius 3 is 2.71 bits per heavy atom. The minimum absolute atomic E-state index is 0.00608. The van der Waals surface area contributed by atoms with Gasteiger partial charge in [0.2, 0.25) is 0 Å². The minimum Gasteiger partial charge on any atom is -0.325 e. The number of nitrogens with two attached hydrogens (primary N) is 1. The number of aromatic nitrogens is 1. The highest BCUT2D eigenvalue weighted by atomic mass is 32.1. The Morgan fingerprint density at radius 1 is 1.18 bits per heavy atom. The van der Waals surface area contributed by atoms with Gasteiger partial charge < -0.3 is 5.73 Å². The Hall–Kier alpha value is -0.930.